The van der Waals surface area contributed by atoms with Gasteiger partial charge in [-0.2, -0.15) is 5.26 Å². The van der Waals surface area contributed by atoms with E-state index in [1.165, 1.54) is 0 Å². The zero-order chi connectivity index (χ0) is 21.4. The summed E-state index contributed by atoms with van der Waals surface area (Å²) in [6, 6.07) is 12.9. The molecule has 1 N–H and O–H groups in total. The highest BCUT2D eigenvalue weighted by atomic mass is 35.5. The van der Waals surface area contributed by atoms with Crippen molar-refractivity contribution in [3.8, 4) is 17.6 Å². The number of aromatic nitrogens is 2. The van der Waals surface area contributed by atoms with Crippen LogP contribution in [0.15, 0.2) is 48.9 Å². The highest BCUT2D eigenvalue weighted by molar-refractivity contribution is 6.30. The fraction of sp³-hybridized carbons (Fsp3) is 0.261. The van der Waals surface area contributed by atoms with Crippen molar-refractivity contribution in [2.75, 3.05) is 6.54 Å². The molecule has 2 aromatic carbocycles. The molecule has 3 aromatic rings. The van der Waals surface area contributed by atoms with Crippen LogP contribution in [-0.2, 0) is 24.4 Å². The van der Waals surface area contributed by atoms with Crippen LogP contribution in [-0.4, -0.2) is 32.9 Å². The minimum atomic E-state index is -0.215. The van der Waals surface area contributed by atoms with Crippen molar-refractivity contribution in [3.63, 3.8) is 0 Å². The predicted octanol–water partition coefficient (Wildman–Crippen LogP) is 3.45. The summed E-state index contributed by atoms with van der Waals surface area (Å²) < 4.78 is 8.12. The Morgan fingerprint density at radius 1 is 1.19 bits per heavy atom. The summed E-state index contributed by atoms with van der Waals surface area (Å²) >= 11 is 6.33. The number of amides is 1. The third-order valence-corrected chi connectivity index (χ3v) is 5.90. The fourth-order valence-electron chi connectivity index (χ4n) is 4.11. The molecular weight excluding hydrogens is 414 g/mol. The lowest BCUT2D eigenvalue weighted by Gasteiger charge is -2.19. The van der Waals surface area contributed by atoms with Crippen molar-refractivity contribution in [3.05, 3.63) is 76.3 Å². The molecule has 1 fully saturated rings. The van der Waals surface area contributed by atoms with Crippen LogP contribution in [0, 0.1) is 11.3 Å². The fourth-order valence-corrected chi connectivity index (χ4v) is 4.36. The van der Waals surface area contributed by atoms with Gasteiger partial charge in [-0.1, -0.05) is 17.7 Å². The number of carbonyl (C=O) groups is 1. The van der Waals surface area contributed by atoms with Crippen LogP contribution >= 0.6 is 11.6 Å². The Morgan fingerprint density at radius 3 is 2.97 bits per heavy atom. The van der Waals surface area contributed by atoms with Crippen molar-refractivity contribution in [2.24, 2.45) is 0 Å². The van der Waals surface area contributed by atoms with E-state index in [0.29, 0.717) is 48.3 Å². The molecule has 0 radical (unpaired) electrons. The number of nitrogens with one attached hydrogen (secondary N) is 1. The van der Waals surface area contributed by atoms with Crippen molar-refractivity contribution in [1.82, 2.24) is 19.8 Å². The van der Waals surface area contributed by atoms with Gasteiger partial charge in [0.25, 0.3) is 0 Å². The maximum Gasteiger partial charge on any atom is 0.240 e. The zero-order valence-corrected chi connectivity index (χ0v) is 17.5. The Labute approximate surface area is 184 Å². The number of carbonyl (C=O) groups excluding carboxylic acids is 1. The summed E-state index contributed by atoms with van der Waals surface area (Å²) in [4.78, 5) is 19.0. The van der Waals surface area contributed by atoms with Crippen molar-refractivity contribution in [2.45, 2.75) is 32.1 Å². The van der Waals surface area contributed by atoms with Crippen LogP contribution < -0.4 is 10.1 Å². The second-order valence-corrected chi connectivity index (χ2v) is 8.27. The summed E-state index contributed by atoms with van der Waals surface area (Å²) in [6.07, 6.45) is 4.33. The van der Waals surface area contributed by atoms with E-state index in [4.69, 9.17) is 16.3 Å². The number of halogens is 1. The van der Waals surface area contributed by atoms with Gasteiger partial charge >= 0.3 is 0 Å². The first kappa shape index (κ1) is 19.6. The molecule has 1 saturated heterocycles. The molecule has 31 heavy (non-hydrogen) atoms. The zero-order valence-electron chi connectivity index (χ0n) is 16.7. The van der Waals surface area contributed by atoms with E-state index < -0.39 is 0 Å². The number of hydrogen-bond acceptors (Lipinski definition) is 5. The minimum Gasteiger partial charge on any atom is -0.456 e. The van der Waals surface area contributed by atoms with Crippen LogP contribution in [0.25, 0.3) is 0 Å². The van der Waals surface area contributed by atoms with Gasteiger partial charge in [0.2, 0.25) is 5.91 Å². The third-order valence-electron chi connectivity index (χ3n) is 5.68. The second kappa shape index (κ2) is 8.06. The number of fused-ring (bicyclic) bond motifs is 7. The average Bonchev–Trinajstić information content (AvgIpc) is 3.32. The Kier molecular flexibility index (Phi) is 5.10. The summed E-state index contributed by atoms with van der Waals surface area (Å²) in [5.74, 6) is 1.09. The molecule has 8 heteroatoms. The molecule has 2 aliphatic rings. The van der Waals surface area contributed by atoms with Crippen molar-refractivity contribution < 1.29 is 9.53 Å². The van der Waals surface area contributed by atoms with E-state index in [9.17, 15) is 10.1 Å². The lowest BCUT2D eigenvalue weighted by molar-refractivity contribution is -0.129. The standard InChI is InChI=1S/C23H20ClN5O2/c24-18-5-16-6-20(8-18)31-22-7-15(1-2-17(22)9-25)12-29-14-26-10-19(29)11-27-21-3-4-28(13-16)23(21)30/h1-2,5-8,10,14,21,27H,3-4,11-13H2/t21-/m1/s1. The molecule has 0 aliphatic carbocycles. The van der Waals surface area contributed by atoms with Gasteiger partial charge in [-0.05, 0) is 47.9 Å². The molecule has 3 heterocycles. The minimum absolute atomic E-state index is 0.0811. The second-order valence-electron chi connectivity index (χ2n) is 7.83. The number of benzene rings is 2. The van der Waals surface area contributed by atoms with Gasteiger partial charge in [-0.25, -0.2) is 4.98 Å². The number of rotatable bonds is 0. The molecule has 1 atom stereocenters. The monoisotopic (exact) mass is 433 g/mol. The van der Waals surface area contributed by atoms with E-state index in [1.807, 2.05) is 33.7 Å². The summed E-state index contributed by atoms with van der Waals surface area (Å²) in [6.45, 7) is 2.25. The van der Waals surface area contributed by atoms with Crippen LogP contribution in [0.2, 0.25) is 5.02 Å². The Hall–Kier alpha value is -3.34. The van der Waals surface area contributed by atoms with E-state index in [2.05, 4.69) is 16.4 Å². The summed E-state index contributed by atoms with van der Waals surface area (Å²) in [7, 11) is 0. The largest absolute Gasteiger partial charge is 0.456 e. The van der Waals surface area contributed by atoms with Gasteiger partial charge in [0.05, 0.1) is 23.6 Å². The molecule has 6 bridgehead atoms. The molecule has 1 aromatic heterocycles. The average molecular weight is 434 g/mol. The number of nitrogens with zero attached hydrogens (tertiary/aromatic N) is 4. The lowest BCUT2D eigenvalue weighted by atomic mass is 10.1. The first-order valence-corrected chi connectivity index (χ1v) is 10.5. The topological polar surface area (TPSA) is 83.2 Å². The van der Waals surface area contributed by atoms with Crippen LogP contribution in [0.4, 0.5) is 0 Å². The maximum absolute atomic E-state index is 12.9. The Bertz CT molecular complexity index is 1200. The van der Waals surface area contributed by atoms with Gasteiger partial charge in [0, 0.05) is 37.4 Å². The molecule has 0 spiro atoms. The van der Waals surface area contributed by atoms with E-state index in [0.717, 1.165) is 23.2 Å². The van der Waals surface area contributed by atoms with Crippen LogP contribution in [0.3, 0.4) is 0 Å². The van der Waals surface area contributed by atoms with Gasteiger partial charge in [-0.15, -0.1) is 0 Å². The first-order chi connectivity index (χ1) is 15.1. The third kappa shape index (κ3) is 4.00. The lowest BCUT2D eigenvalue weighted by Crippen LogP contribution is -2.38. The number of nitriles is 1. The predicted molar refractivity (Wildman–Crippen MR) is 115 cm³/mol. The normalized spacial score (nSPS) is 18.3. The number of imidazole rings is 1. The summed E-state index contributed by atoms with van der Waals surface area (Å²) in [5.41, 5.74) is 3.29. The SMILES string of the molecule is N#Cc1ccc2cc1Oc1cc(Cl)cc(c1)CN1CC[C@@H](NCc3cncn3C2)C1=O. The summed E-state index contributed by atoms with van der Waals surface area (Å²) in [5, 5.41) is 13.4. The molecule has 5 rings (SSSR count). The number of ether oxygens (including phenoxy) is 1. The Balaban J connectivity index is 1.58. The Morgan fingerprint density at radius 2 is 2.10 bits per heavy atom. The van der Waals surface area contributed by atoms with Crippen LogP contribution in [0.5, 0.6) is 11.5 Å². The van der Waals surface area contributed by atoms with Crippen molar-refractivity contribution >= 4 is 17.5 Å². The molecule has 156 valence electrons. The maximum atomic E-state index is 12.9. The molecule has 2 aliphatic heterocycles. The smallest absolute Gasteiger partial charge is 0.240 e. The molecule has 7 nitrogen and oxygen atoms in total. The van der Waals surface area contributed by atoms with Crippen LogP contribution in [0.1, 0.15) is 28.8 Å². The van der Waals surface area contributed by atoms with E-state index in [-0.39, 0.29) is 11.9 Å². The van der Waals surface area contributed by atoms with Gasteiger partial charge in [0.1, 0.15) is 17.6 Å². The van der Waals surface area contributed by atoms with E-state index >= 15 is 0 Å². The highest BCUT2D eigenvalue weighted by Gasteiger charge is 2.31. The van der Waals surface area contributed by atoms with E-state index in [1.54, 1.807) is 24.7 Å². The van der Waals surface area contributed by atoms with Gasteiger partial charge in [-0.3, -0.25) is 4.79 Å². The van der Waals surface area contributed by atoms with Gasteiger partial charge in [0.15, 0.2) is 0 Å². The molecule has 0 saturated carbocycles. The highest BCUT2D eigenvalue weighted by Crippen LogP contribution is 2.31. The number of hydrogen-bond donors (Lipinski definition) is 1. The molecular formula is C23H20ClN5O2. The molecule has 1 amide bonds. The quantitative estimate of drug-likeness (QED) is 0.587. The van der Waals surface area contributed by atoms with Gasteiger partial charge < -0.3 is 19.5 Å². The molecule has 0 unspecified atom stereocenters. The first-order valence-electron chi connectivity index (χ1n) is 10.1. The van der Waals surface area contributed by atoms with Crippen molar-refractivity contribution in [1.29, 1.82) is 5.26 Å².